The SMILES string of the molecule is CCC(C)C(=O)N1CCCC(C)C1C(=O)O. The second-order valence-corrected chi connectivity index (χ2v) is 4.74. The number of rotatable bonds is 3. The predicted octanol–water partition coefficient (Wildman–Crippen LogP) is 1.74. The van der Waals surface area contributed by atoms with E-state index in [1.165, 1.54) is 0 Å². The number of hydrogen-bond donors (Lipinski definition) is 1. The predicted molar refractivity (Wildman–Crippen MR) is 61.0 cm³/mol. The Balaban J connectivity index is 2.83. The molecule has 1 aliphatic rings. The fourth-order valence-electron chi connectivity index (χ4n) is 2.27. The van der Waals surface area contributed by atoms with E-state index in [4.69, 9.17) is 0 Å². The Hall–Kier alpha value is -1.06. The zero-order valence-electron chi connectivity index (χ0n) is 10.3. The highest BCUT2D eigenvalue weighted by atomic mass is 16.4. The number of carbonyl (C=O) groups is 2. The highest BCUT2D eigenvalue weighted by molar-refractivity contribution is 5.85. The van der Waals surface area contributed by atoms with Crippen LogP contribution in [0.5, 0.6) is 0 Å². The minimum Gasteiger partial charge on any atom is -0.480 e. The third-order valence-electron chi connectivity index (χ3n) is 3.50. The largest absolute Gasteiger partial charge is 0.480 e. The van der Waals surface area contributed by atoms with Crippen LogP contribution in [-0.4, -0.2) is 34.5 Å². The molecule has 1 aliphatic heterocycles. The summed E-state index contributed by atoms with van der Waals surface area (Å²) in [4.78, 5) is 24.8. The van der Waals surface area contributed by atoms with Gasteiger partial charge in [0.05, 0.1) is 0 Å². The molecule has 1 heterocycles. The van der Waals surface area contributed by atoms with Crippen LogP contribution in [0.1, 0.15) is 40.0 Å². The lowest BCUT2D eigenvalue weighted by molar-refractivity contribution is -0.156. The number of likely N-dealkylation sites (tertiary alicyclic amines) is 1. The third-order valence-corrected chi connectivity index (χ3v) is 3.50. The quantitative estimate of drug-likeness (QED) is 0.799. The van der Waals surface area contributed by atoms with Crippen LogP contribution in [0.15, 0.2) is 0 Å². The minimum atomic E-state index is -0.871. The maximum atomic E-state index is 12.1. The van der Waals surface area contributed by atoms with Crippen LogP contribution in [0.25, 0.3) is 0 Å². The molecule has 0 aliphatic carbocycles. The lowest BCUT2D eigenvalue weighted by Gasteiger charge is -2.38. The van der Waals surface area contributed by atoms with E-state index in [1.807, 2.05) is 20.8 Å². The minimum absolute atomic E-state index is 0.0125. The highest BCUT2D eigenvalue weighted by Crippen LogP contribution is 2.25. The standard InChI is InChI=1S/C12H21NO3/c1-4-8(2)11(14)13-7-5-6-9(3)10(13)12(15)16/h8-10H,4-7H2,1-3H3,(H,15,16). The molecule has 1 saturated heterocycles. The second kappa shape index (κ2) is 5.32. The Bertz CT molecular complexity index is 277. The lowest BCUT2D eigenvalue weighted by atomic mass is 9.89. The van der Waals surface area contributed by atoms with Gasteiger partial charge in [0.25, 0.3) is 0 Å². The molecule has 0 aromatic carbocycles. The van der Waals surface area contributed by atoms with Crippen LogP contribution >= 0.6 is 0 Å². The lowest BCUT2D eigenvalue weighted by Crippen LogP contribution is -2.53. The smallest absolute Gasteiger partial charge is 0.326 e. The summed E-state index contributed by atoms with van der Waals surface area (Å²) in [6.07, 6.45) is 2.56. The van der Waals surface area contributed by atoms with Crippen molar-refractivity contribution >= 4 is 11.9 Å². The van der Waals surface area contributed by atoms with E-state index in [1.54, 1.807) is 4.90 Å². The molecule has 3 atom stereocenters. The zero-order valence-corrected chi connectivity index (χ0v) is 10.3. The summed E-state index contributed by atoms with van der Waals surface area (Å²) < 4.78 is 0. The Morgan fingerprint density at radius 2 is 2.12 bits per heavy atom. The first-order valence-electron chi connectivity index (χ1n) is 6.02. The molecule has 0 saturated carbocycles. The molecule has 4 heteroatoms. The molecule has 0 aromatic heterocycles. The zero-order chi connectivity index (χ0) is 12.3. The Morgan fingerprint density at radius 1 is 1.50 bits per heavy atom. The van der Waals surface area contributed by atoms with Gasteiger partial charge in [-0.1, -0.05) is 20.8 Å². The molecular formula is C12H21NO3. The molecule has 1 amide bonds. The van der Waals surface area contributed by atoms with Crippen molar-refractivity contribution in [2.75, 3.05) is 6.54 Å². The maximum Gasteiger partial charge on any atom is 0.326 e. The number of nitrogens with zero attached hydrogens (tertiary/aromatic N) is 1. The van der Waals surface area contributed by atoms with Crippen LogP contribution < -0.4 is 0 Å². The van der Waals surface area contributed by atoms with Crippen molar-refractivity contribution in [2.24, 2.45) is 11.8 Å². The normalized spacial score (nSPS) is 27.6. The van der Waals surface area contributed by atoms with Gasteiger partial charge in [0.15, 0.2) is 0 Å². The second-order valence-electron chi connectivity index (χ2n) is 4.74. The number of carboxylic acid groups (broad SMARTS) is 1. The molecular weight excluding hydrogens is 206 g/mol. The average Bonchev–Trinajstić information content (AvgIpc) is 2.26. The first-order chi connectivity index (χ1) is 7.49. The van der Waals surface area contributed by atoms with Crippen molar-refractivity contribution in [2.45, 2.75) is 46.1 Å². The van der Waals surface area contributed by atoms with Gasteiger partial charge in [-0.3, -0.25) is 4.79 Å². The summed E-state index contributed by atoms with van der Waals surface area (Å²) in [6.45, 7) is 6.31. The summed E-state index contributed by atoms with van der Waals surface area (Å²) in [5.74, 6) is -0.906. The summed E-state index contributed by atoms with van der Waals surface area (Å²) >= 11 is 0. The van der Waals surface area contributed by atoms with Crippen LogP contribution in [-0.2, 0) is 9.59 Å². The molecule has 92 valence electrons. The van der Waals surface area contributed by atoms with Crippen LogP contribution in [0.2, 0.25) is 0 Å². The molecule has 3 unspecified atom stereocenters. The van der Waals surface area contributed by atoms with Gasteiger partial charge in [-0.05, 0) is 25.2 Å². The van der Waals surface area contributed by atoms with Gasteiger partial charge in [-0.25, -0.2) is 4.79 Å². The molecule has 4 nitrogen and oxygen atoms in total. The number of carboxylic acids is 1. The van der Waals surface area contributed by atoms with Crippen LogP contribution in [0, 0.1) is 11.8 Å². The number of amides is 1. The van der Waals surface area contributed by atoms with Gasteiger partial charge in [-0.2, -0.15) is 0 Å². The molecule has 16 heavy (non-hydrogen) atoms. The van der Waals surface area contributed by atoms with Crippen molar-refractivity contribution in [3.8, 4) is 0 Å². The first kappa shape index (κ1) is 13.0. The van der Waals surface area contributed by atoms with Gasteiger partial charge >= 0.3 is 5.97 Å². The summed E-state index contributed by atoms with van der Waals surface area (Å²) in [7, 11) is 0. The maximum absolute atomic E-state index is 12.1. The van der Waals surface area contributed by atoms with E-state index < -0.39 is 12.0 Å². The molecule has 0 spiro atoms. The molecule has 0 aromatic rings. The van der Waals surface area contributed by atoms with Crippen LogP contribution in [0.4, 0.5) is 0 Å². The van der Waals surface area contributed by atoms with Gasteiger partial charge in [0.2, 0.25) is 5.91 Å². The number of aliphatic carboxylic acids is 1. The number of piperidine rings is 1. The molecule has 0 bridgehead atoms. The van der Waals surface area contributed by atoms with Gasteiger partial charge < -0.3 is 10.0 Å². The number of hydrogen-bond acceptors (Lipinski definition) is 2. The third kappa shape index (κ3) is 2.54. The van der Waals surface area contributed by atoms with Gasteiger partial charge in [0.1, 0.15) is 6.04 Å². The summed E-state index contributed by atoms with van der Waals surface area (Å²) in [6, 6.07) is -0.629. The van der Waals surface area contributed by atoms with E-state index in [0.29, 0.717) is 6.54 Å². The average molecular weight is 227 g/mol. The van der Waals surface area contributed by atoms with Gasteiger partial charge in [-0.15, -0.1) is 0 Å². The summed E-state index contributed by atoms with van der Waals surface area (Å²) in [5.41, 5.74) is 0. The Morgan fingerprint density at radius 3 is 2.62 bits per heavy atom. The molecule has 1 fully saturated rings. The van der Waals surface area contributed by atoms with Gasteiger partial charge in [0, 0.05) is 12.5 Å². The number of carbonyl (C=O) groups excluding carboxylic acids is 1. The van der Waals surface area contributed by atoms with Crippen molar-refractivity contribution in [3.05, 3.63) is 0 Å². The monoisotopic (exact) mass is 227 g/mol. The van der Waals surface area contributed by atoms with E-state index in [0.717, 1.165) is 19.3 Å². The van der Waals surface area contributed by atoms with Crippen molar-refractivity contribution in [1.29, 1.82) is 0 Å². The fraction of sp³-hybridized carbons (Fsp3) is 0.833. The van der Waals surface area contributed by atoms with Crippen molar-refractivity contribution in [3.63, 3.8) is 0 Å². The molecule has 0 radical (unpaired) electrons. The van der Waals surface area contributed by atoms with E-state index in [2.05, 4.69) is 0 Å². The Labute approximate surface area is 96.6 Å². The Kier molecular flexibility index (Phi) is 4.33. The highest BCUT2D eigenvalue weighted by Gasteiger charge is 2.37. The van der Waals surface area contributed by atoms with E-state index in [9.17, 15) is 14.7 Å². The molecule has 1 N–H and O–H groups in total. The topological polar surface area (TPSA) is 57.6 Å². The van der Waals surface area contributed by atoms with Crippen molar-refractivity contribution < 1.29 is 14.7 Å². The van der Waals surface area contributed by atoms with Crippen LogP contribution in [0.3, 0.4) is 0 Å². The molecule has 1 rings (SSSR count). The summed E-state index contributed by atoms with van der Waals surface area (Å²) in [5, 5.41) is 9.19. The first-order valence-corrected chi connectivity index (χ1v) is 6.02. The van der Waals surface area contributed by atoms with Crippen molar-refractivity contribution in [1.82, 2.24) is 4.90 Å². The van der Waals surface area contributed by atoms with E-state index >= 15 is 0 Å². The van der Waals surface area contributed by atoms with E-state index in [-0.39, 0.29) is 17.7 Å². The fourth-order valence-corrected chi connectivity index (χ4v) is 2.27.